The summed E-state index contributed by atoms with van der Waals surface area (Å²) in [5, 5.41) is 18.3. The van der Waals surface area contributed by atoms with Crippen molar-refractivity contribution in [3.63, 3.8) is 0 Å². The average molecular weight is 461 g/mol. The van der Waals surface area contributed by atoms with Gasteiger partial charge in [-0.05, 0) is 37.6 Å². The fourth-order valence-electron chi connectivity index (χ4n) is 2.94. The molecular weight excluding hydrogens is 439 g/mol. The largest absolute Gasteiger partial charge is 0.395 e. The number of aliphatic hydroxyl groups excluding tert-OH is 1. The van der Waals surface area contributed by atoms with Gasteiger partial charge in [0.25, 0.3) is 5.91 Å². The molecule has 0 aliphatic heterocycles. The number of nitrogens with zero attached hydrogens (tertiary/aromatic N) is 3. The zero-order chi connectivity index (χ0) is 22.4. The zero-order valence-corrected chi connectivity index (χ0v) is 18.6. The number of benzene rings is 1. The quantitative estimate of drug-likeness (QED) is 0.377. The maximum Gasteiger partial charge on any atom is 0.258 e. The number of carbonyl (C=O) groups excluding carboxylic acids is 1. The minimum absolute atomic E-state index is 0.0289. The second-order valence-corrected chi connectivity index (χ2v) is 7.60. The van der Waals surface area contributed by atoms with E-state index in [4.69, 9.17) is 28.3 Å². The number of rotatable bonds is 8. The molecule has 0 fully saturated rings. The van der Waals surface area contributed by atoms with Crippen LogP contribution in [0, 0.1) is 13.8 Å². The Morgan fingerprint density at radius 2 is 1.81 bits per heavy atom. The van der Waals surface area contributed by atoms with Crippen LogP contribution < -0.4 is 16.0 Å². The first kappa shape index (κ1) is 22.9. The van der Waals surface area contributed by atoms with Gasteiger partial charge in [-0.15, -0.1) is 0 Å². The maximum absolute atomic E-state index is 12.8. The molecule has 0 bridgehead atoms. The van der Waals surface area contributed by atoms with Crippen molar-refractivity contribution in [2.24, 2.45) is 0 Å². The molecule has 2 heterocycles. The third-order valence-corrected chi connectivity index (χ3v) is 4.78. The monoisotopic (exact) mass is 460 g/mol. The van der Waals surface area contributed by atoms with Crippen molar-refractivity contribution in [1.29, 1.82) is 0 Å². The smallest absolute Gasteiger partial charge is 0.258 e. The Morgan fingerprint density at radius 1 is 1.06 bits per heavy atom. The Hall–Kier alpha value is -2.78. The van der Waals surface area contributed by atoms with Crippen LogP contribution in [0.2, 0.25) is 10.0 Å². The van der Waals surface area contributed by atoms with Gasteiger partial charge >= 0.3 is 0 Å². The summed E-state index contributed by atoms with van der Waals surface area (Å²) in [5.41, 5.74) is 2.35. The molecule has 0 saturated heterocycles. The van der Waals surface area contributed by atoms with E-state index >= 15 is 0 Å². The first-order valence-corrected chi connectivity index (χ1v) is 10.3. The van der Waals surface area contributed by atoms with Crippen molar-refractivity contribution in [1.82, 2.24) is 20.3 Å². The predicted molar refractivity (Wildman–Crippen MR) is 122 cm³/mol. The summed E-state index contributed by atoms with van der Waals surface area (Å²) < 4.78 is 0. The zero-order valence-electron chi connectivity index (χ0n) is 17.0. The minimum atomic E-state index is -0.434. The van der Waals surface area contributed by atoms with Crippen LogP contribution in [0.25, 0.3) is 0 Å². The lowest BCUT2D eigenvalue weighted by Gasteiger charge is -2.12. The highest BCUT2D eigenvalue weighted by atomic mass is 35.5. The topological polar surface area (TPSA) is 112 Å². The number of carbonyl (C=O) groups is 1. The van der Waals surface area contributed by atoms with Gasteiger partial charge in [0.15, 0.2) is 0 Å². The highest BCUT2D eigenvalue weighted by molar-refractivity contribution is 6.40. The van der Waals surface area contributed by atoms with Gasteiger partial charge in [0.05, 0.1) is 22.2 Å². The molecule has 0 aliphatic carbocycles. The van der Waals surface area contributed by atoms with Crippen LogP contribution in [-0.4, -0.2) is 39.1 Å². The van der Waals surface area contributed by atoms with Crippen molar-refractivity contribution in [2.45, 2.75) is 20.4 Å². The van der Waals surface area contributed by atoms with Crippen LogP contribution >= 0.6 is 23.2 Å². The third-order valence-electron chi connectivity index (χ3n) is 4.19. The molecule has 0 unspecified atom stereocenters. The Balaban J connectivity index is 1.74. The van der Waals surface area contributed by atoms with Crippen LogP contribution in [0.3, 0.4) is 0 Å². The van der Waals surface area contributed by atoms with E-state index < -0.39 is 5.91 Å². The molecule has 0 radical (unpaired) electrons. The molecule has 1 aromatic carbocycles. The fourth-order valence-corrected chi connectivity index (χ4v) is 3.64. The van der Waals surface area contributed by atoms with Gasteiger partial charge < -0.3 is 21.1 Å². The van der Waals surface area contributed by atoms with E-state index in [1.807, 2.05) is 13.8 Å². The van der Waals surface area contributed by atoms with Gasteiger partial charge in [-0.1, -0.05) is 23.2 Å². The van der Waals surface area contributed by atoms with Crippen molar-refractivity contribution in [2.75, 3.05) is 23.8 Å². The summed E-state index contributed by atoms with van der Waals surface area (Å²) in [6.07, 6.45) is 1.57. The number of aromatic nitrogens is 3. The first-order chi connectivity index (χ1) is 14.9. The van der Waals surface area contributed by atoms with E-state index in [0.29, 0.717) is 36.2 Å². The lowest BCUT2D eigenvalue weighted by atomic mass is 10.1. The Bertz CT molecular complexity index is 1050. The summed E-state index contributed by atoms with van der Waals surface area (Å²) in [4.78, 5) is 25.6. The maximum atomic E-state index is 12.8. The van der Waals surface area contributed by atoms with Crippen molar-refractivity contribution < 1.29 is 9.90 Å². The van der Waals surface area contributed by atoms with E-state index in [0.717, 1.165) is 11.3 Å². The lowest BCUT2D eigenvalue weighted by molar-refractivity contribution is 0.102. The molecule has 3 aromatic rings. The summed E-state index contributed by atoms with van der Waals surface area (Å²) in [5.74, 6) is 1.33. The normalized spacial score (nSPS) is 10.7. The molecule has 8 nitrogen and oxygen atoms in total. The van der Waals surface area contributed by atoms with Crippen LogP contribution in [0.5, 0.6) is 0 Å². The van der Waals surface area contributed by atoms with E-state index in [1.54, 1.807) is 36.5 Å². The molecule has 0 saturated carbocycles. The number of aryl methyl sites for hydroxylation is 2. The van der Waals surface area contributed by atoms with Crippen LogP contribution in [0.15, 0.2) is 36.5 Å². The van der Waals surface area contributed by atoms with Gasteiger partial charge in [0, 0.05) is 42.8 Å². The molecule has 4 N–H and O–H groups in total. The molecule has 0 aliphatic rings. The number of halogens is 2. The highest BCUT2D eigenvalue weighted by Crippen LogP contribution is 2.28. The molecule has 2 aromatic heterocycles. The Morgan fingerprint density at radius 3 is 2.48 bits per heavy atom. The number of aliphatic hydroxyl groups is 1. The summed E-state index contributed by atoms with van der Waals surface area (Å²) >= 11 is 12.6. The number of hydrogen-bond acceptors (Lipinski definition) is 7. The van der Waals surface area contributed by atoms with Crippen molar-refractivity contribution in [3.05, 3.63) is 69.2 Å². The SMILES string of the molecule is Cc1cc(Nc2cc(NC(=O)c3c(Cl)cc(CNCCO)cc3Cl)ccn2)nc(C)n1. The Kier molecular flexibility index (Phi) is 7.75. The predicted octanol–water partition coefficient (Wildman–Crippen LogP) is 3.87. The number of anilines is 3. The highest BCUT2D eigenvalue weighted by Gasteiger charge is 2.17. The van der Waals surface area contributed by atoms with Crippen LogP contribution in [0.4, 0.5) is 17.3 Å². The van der Waals surface area contributed by atoms with E-state index in [1.165, 1.54) is 0 Å². The minimum Gasteiger partial charge on any atom is -0.395 e. The lowest BCUT2D eigenvalue weighted by Crippen LogP contribution is -2.18. The van der Waals surface area contributed by atoms with E-state index in [2.05, 4.69) is 30.9 Å². The average Bonchev–Trinajstić information content (AvgIpc) is 2.67. The van der Waals surface area contributed by atoms with Crippen LogP contribution in [-0.2, 0) is 6.54 Å². The second kappa shape index (κ2) is 10.5. The van der Waals surface area contributed by atoms with Gasteiger partial charge in [-0.3, -0.25) is 4.79 Å². The standard InChI is InChI=1S/C21H22Cl2N6O2/c1-12-7-19(27-13(2)26-12)29-18-10-15(3-4-25-18)28-21(31)20-16(22)8-14(9-17(20)23)11-24-5-6-30/h3-4,7-10,24,30H,5-6,11H2,1-2H3,(H2,25,26,27,28,29,31). The molecule has 0 spiro atoms. The summed E-state index contributed by atoms with van der Waals surface area (Å²) in [6.45, 7) is 4.64. The number of amides is 1. The van der Waals surface area contributed by atoms with Gasteiger partial charge in [0.1, 0.15) is 17.5 Å². The van der Waals surface area contributed by atoms with E-state index in [-0.39, 0.29) is 22.2 Å². The van der Waals surface area contributed by atoms with Gasteiger partial charge in [0.2, 0.25) is 0 Å². The molecular formula is C21H22Cl2N6O2. The summed E-state index contributed by atoms with van der Waals surface area (Å²) in [6, 6.07) is 8.49. The second-order valence-electron chi connectivity index (χ2n) is 6.79. The summed E-state index contributed by atoms with van der Waals surface area (Å²) in [7, 11) is 0. The van der Waals surface area contributed by atoms with Crippen LogP contribution in [0.1, 0.15) is 27.4 Å². The molecule has 0 atom stereocenters. The number of nitrogens with one attached hydrogen (secondary N) is 3. The molecule has 1 amide bonds. The third kappa shape index (κ3) is 6.35. The molecule has 31 heavy (non-hydrogen) atoms. The number of pyridine rings is 1. The van der Waals surface area contributed by atoms with Gasteiger partial charge in [-0.25, -0.2) is 15.0 Å². The van der Waals surface area contributed by atoms with Gasteiger partial charge in [-0.2, -0.15) is 0 Å². The van der Waals surface area contributed by atoms with Crippen molar-refractivity contribution in [3.8, 4) is 0 Å². The fraction of sp³-hybridized carbons (Fsp3) is 0.238. The molecule has 162 valence electrons. The number of hydrogen-bond donors (Lipinski definition) is 4. The van der Waals surface area contributed by atoms with Crippen molar-refractivity contribution >= 4 is 46.4 Å². The Labute approximate surface area is 190 Å². The van der Waals surface area contributed by atoms with E-state index in [9.17, 15) is 4.79 Å². The molecule has 10 heteroatoms. The first-order valence-electron chi connectivity index (χ1n) is 9.52. The molecule has 3 rings (SSSR count).